The third kappa shape index (κ3) is 4.04. The van der Waals surface area contributed by atoms with Gasteiger partial charge in [0.25, 0.3) is 5.56 Å². The lowest BCUT2D eigenvalue weighted by molar-refractivity contribution is 0.445. The van der Waals surface area contributed by atoms with Gasteiger partial charge in [0.05, 0.1) is 0 Å². The number of nitrogens with zero attached hydrogens (tertiary/aromatic N) is 1. The second-order valence-corrected chi connectivity index (χ2v) is 4.74. The molecule has 0 saturated heterocycles. The summed E-state index contributed by atoms with van der Waals surface area (Å²) < 4.78 is 1.23. The van der Waals surface area contributed by atoms with Gasteiger partial charge in [-0.3, -0.25) is 14.3 Å². The predicted molar refractivity (Wildman–Crippen MR) is 69.8 cm³/mol. The summed E-state index contributed by atoms with van der Waals surface area (Å²) in [5.74, 6) is 0. The Hall–Kier alpha value is -1.03. The number of nitrogens with one attached hydrogen (secondary N) is 1. The lowest BCUT2D eigenvalue weighted by Crippen LogP contribution is -2.36. The molecular weight excluding hydrogens is 240 g/mol. The van der Waals surface area contributed by atoms with Gasteiger partial charge in [-0.25, -0.2) is 4.79 Å². The molecule has 1 aromatic rings. The fourth-order valence-corrected chi connectivity index (χ4v) is 2.06. The molecule has 4 nitrogen and oxygen atoms in total. The van der Waals surface area contributed by atoms with Crippen molar-refractivity contribution in [1.29, 1.82) is 0 Å². The normalized spacial score (nSPS) is 12.6. The molecule has 0 radical (unpaired) electrons. The van der Waals surface area contributed by atoms with Gasteiger partial charge in [0.1, 0.15) is 5.15 Å². The van der Waals surface area contributed by atoms with Crippen molar-refractivity contribution < 1.29 is 0 Å². The number of rotatable bonds is 6. The quantitative estimate of drug-likeness (QED) is 0.630. The highest BCUT2D eigenvalue weighted by Gasteiger charge is 2.10. The molecule has 0 aliphatic rings. The number of hydrogen-bond donors (Lipinski definition) is 1. The van der Waals surface area contributed by atoms with Crippen LogP contribution in [0.3, 0.4) is 0 Å². The van der Waals surface area contributed by atoms with Gasteiger partial charge in [-0.05, 0) is 13.3 Å². The van der Waals surface area contributed by atoms with E-state index in [-0.39, 0.29) is 16.8 Å². The van der Waals surface area contributed by atoms with E-state index in [1.165, 1.54) is 23.5 Å². The maximum absolute atomic E-state index is 11.6. The van der Waals surface area contributed by atoms with Crippen LogP contribution in [0.1, 0.15) is 52.0 Å². The van der Waals surface area contributed by atoms with Crippen LogP contribution in [0.2, 0.25) is 5.15 Å². The summed E-state index contributed by atoms with van der Waals surface area (Å²) in [5.41, 5.74) is -0.757. The van der Waals surface area contributed by atoms with Gasteiger partial charge in [0.2, 0.25) is 0 Å². The van der Waals surface area contributed by atoms with Crippen molar-refractivity contribution in [3.8, 4) is 0 Å². The molecule has 0 aliphatic carbocycles. The zero-order chi connectivity index (χ0) is 12.8. The Balaban J connectivity index is 2.72. The minimum absolute atomic E-state index is 0.0830. The lowest BCUT2D eigenvalue weighted by Gasteiger charge is -2.13. The Morgan fingerprint density at radius 1 is 1.35 bits per heavy atom. The SMILES string of the molecule is CCCCCCC(C)n1c(=O)cc(Cl)[nH]c1=O. The van der Waals surface area contributed by atoms with Crippen LogP contribution in [0.15, 0.2) is 15.7 Å². The van der Waals surface area contributed by atoms with Crippen molar-refractivity contribution in [3.05, 3.63) is 32.1 Å². The average Bonchev–Trinajstić information content (AvgIpc) is 2.23. The Morgan fingerprint density at radius 2 is 2.06 bits per heavy atom. The molecule has 0 amide bonds. The van der Waals surface area contributed by atoms with Gasteiger partial charge in [0.15, 0.2) is 0 Å². The number of unbranched alkanes of at least 4 members (excludes halogenated alkanes) is 3. The Morgan fingerprint density at radius 3 is 2.65 bits per heavy atom. The van der Waals surface area contributed by atoms with E-state index in [0.717, 1.165) is 19.3 Å². The average molecular weight is 259 g/mol. The zero-order valence-electron chi connectivity index (χ0n) is 10.3. The van der Waals surface area contributed by atoms with Crippen LogP contribution in [0.25, 0.3) is 0 Å². The topological polar surface area (TPSA) is 54.9 Å². The highest BCUT2D eigenvalue weighted by atomic mass is 35.5. The van der Waals surface area contributed by atoms with E-state index in [9.17, 15) is 9.59 Å². The van der Waals surface area contributed by atoms with Gasteiger partial charge in [0, 0.05) is 12.1 Å². The fourth-order valence-electron chi connectivity index (χ4n) is 1.89. The molecule has 1 heterocycles. The van der Waals surface area contributed by atoms with E-state index in [1.54, 1.807) is 0 Å². The molecule has 0 aromatic carbocycles. The Bertz CT molecular complexity index is 433. The van der Waals surface area contributed by atoms with Gasteiger partial charge >= 0.3 is 5.69 Å². The Labute approximate surface area is 106 Å². The molecule has 0 spiro atoms. The van der Waals surface area contributed by atoms with Gasteiger partial charge < -0.3 is 0 Å². The van der Waals surface area contributed by atoms with Crippen molar-refractivity contribution in [2.24, 2.45) is 0 Å². The van der Waals surface area contributed by atoms with Gasteiger partial charge in [-0.1, -0.05) is 44.2 Å². The van der Waals surface area contributed by atoms with E-state index in [1.807, 2.05) is 6.92 Å². The first-order chi connectivity index (χ1) is 8.06. The monoisotopic (exact) mass is 258 g/mol. The van der Waals surface area contributed by atoms with Crippen molar-refractivity contribution in [2.45, 2.75) is 52.0 Å². The Kier molecular flexibility index (Phi) is 5.48. The number of hydrogen-bond acceptors (Lipinski definition) is 2. The molecule has 96 valence electrons. The number of aromatic amines is 1. The summed E-state index contributed by atoms with van der Waals surface area (Å²) in [7, 11) is 0. The molecule has 1 unspecified atom stereocenters. The van der Waals surface area contributed by atoms with Crippen molar-refractivity contribution in [3.63, 3.8) is 0 Å². The number of aromatic nitrogens is 2. The summed E-state index contributed by atoms with van der Waals surface area (Å²) in [6.07, 6.45) is 5.38. The molecule has 1 N–H and O–H groups in total. The first kappa shape index (κ1) is 14.0. The third-order valence-electron chi connectivity index (χ3n) is 2.85. The maximum atomic E-state index is 11.6. The molecule has 1 rings (SSSR count). The third-order valence-corrected chi connectivity index (χ3v) is 3.05. The van der Waals surface area contributed by atoms with Crippen molar-refractivity contribution >= 4 is 11.6 Å². The van der Waals surface area contributed by atoms with Gasteiger partial charge in [-0.2, -0.15) is 0 Å². The maximum Gasteiger partial charge on any atom is 0.329 e. The summed E-state index contributed by atoms with van der Waals surface area (Å²) in [6, 6.07) is 1.16. The summed E-state index contributed by atoms with van der Waals surface area (Å²) in [6.45, 7) is 4.04. The molecule has 1 atom stereocenters. The van der Waals surface area contributed by atoms with Crippen LogP contribution in [0.5, 0.6) is 0 Å². The van der Waals surface area contributed by atoms with Crippen LogP contribution in [0, 0.1) is 0 Å². The van der Waals surface area contributed by atoms with Crippen LogP contribution in [0.4, 0.5) is 0 Å². The van der Waals surface area contributed by atoms with Gasteiger partial charge in [-0.15, -0.1) is 0 Å². The highest BCUT2D eigenvalue weighted by molar-refractivity contribution is 6.29. The summed E-state index contributed by atoms with van der Waals surface area (Å²) in [4.78, 5) is 25.7. The van der Waals surface area contributed by atoms with Crippen molar-refractivity contribution in [2.75, 3.05) is 0 Å². The highest BCUT2D eigenvalue weighted by Crippen LogP contribution is 2.12. The lowest BCUT2D eigenvalue weighted by atomic mass is 10.1. The minimum atomic E-state index is -0.425. The molecule has 5 heteroatoms. The molecule has 0 saturated carbocycles. The molecule has 17 heavy (non-hydrogen) atoms. The van der Waals surface area contributed by atoms with E-state index in [0.29, 0.717) is 0 Å². The van der Waals surface area contributed by atoms with Crippen LogP contribution >= 0.6 is 11.6 Å². The van der Waals surface area contributed by atoms with Crippen molar-refractivity contribution in [1.82, 2.24) is 9.55 Å². The smallest absolute Gasteiger partial charge is 0.298 e. The van der Waals surface area contributed by atoms with E-state index < -0.39 is 5.69 Å². The first-order valence-corrected chi connectivity index (χ1v) is 6.45. The summed E-state index contributed by atoms with van der Waals surface area (Å²) >= 11 is 5.60. The summed E-state index contributed by atoms with van der Waals surface area (Å²) in [5, 5.41) is 0.0921. The van der Waals surface area contributed by atoms with Crippen LogP contribution in [-0.4, -0.2) is 9.55 Å². The fraction of sp³-hybridized carbons (Fsp3) is 0.667. The molecular formula is C12H19ClN2O2. The zero-order valence-corrected chi connectivity index (χ0v) is 11.1. The second-order valence-electron chi connectivity index (χ2n) is 4.33. The van der Waals surface area contributed by atoms with Crippen LogP contribution < -0.4 is 11.2 Å². The molecule has 0 aliphatic heterocycles. The van der Waals surface area contributed by atoms with E-state index >= 15 is 0 Å². The minimum Gasteiger partial charge on any atom is -0.298 e. The second kappa shape index (κ2) is 6.64. The number of H-pyrrole nitrogens is 1. The number of halogens is 1. The van der Waals surface area contributed by atoms with Crippen LogP contribution in [-0.2, 0) is 0 Å². The molecule has 0 bridgehead atoms. The molecule has 0 fully saturated rings. The standard InChI is InChI=1S/C12H19ClN2O2/c1-3-4-5-6-7-9(2)15-11(16)8-10(13)14-12(15)17/h8-9H,3-7H2,1-2H3,(H,14,17). The van der Waals surface area contributed by atoms with E-state index in [2.05, 4.69) is 11.9 Å². The predicted octanol–water partition coefficient (Wildman–Crippen LogP) is 2.72. The molecule has 1 aromatic heterocycles. The van der Waals surface area contributed by atoms with E-state index in [4.69, 9.17) is 11.6 Å². The first-order valence-electron chi connectivity index (χ1n) is 6.07. The largest absolute Gasteiger partial charge is 0.329 e.